The van der Waals surface area contributed by atoms with Gasteiger partial charge in [0.2, 0.25) is 0 Å². The Bertz CT molecular complexity index is 525. The molecule has 0 aliphatic carbocycles. The van der Waals surface area contributed by atoms with Crippen LogP contribution in [-0.4, -0.2) is 48.0 Å². The number of alkyl halides is 2. The van der Waals surface area contributed by atoms with Crippen LogP contribution < -0.4 is 15.8 Å². The molecule has 1 atom stereocenters. The molecule has 8 nitrogen and oxygen atoms in total. The van der Waals surface area contributed by atoms with Gasteiger partial charge in [-0.1, -0.05) is 17.3 Å². The van der Waals surface area contributed by atoms with Crippen molar-refractivity contribution in [2.24, 2.45) is 10.9 Å². The molecule has 1 amide bonds. The highest BCUT2D eigenvalue weighted by Gasteiger charge is 2.17. The molecular weight excluding hydrogens is 316 g/mol. The fourth-order valence-corrected chi connectivity index (χ4v) is 1.65. The van der Waals surface area contributed by atoms with Crippen molar-refractivity contribution in [1.82, 2.24) is 5.32 Å². The Balaban J connectivity index is 2.76. The third kappa shape index (κ3) is 7.27. The van der Waals surface area contributed by atoms with E-state index in [1.807, 2.05) is 0 Å². The number of amides is 1. The average Bonchev–Trinajstić information content (AvgIpc) is 2.47. The molecule has 0 radical (unpaired) electrons. The SMILES string of the molecule is N/C(=N/OCCO)C(Cc1ccc(OC(F)F)cc1)NC(=O)O. The van der Waals surface area contributed by atoms with Gasteiger partial charge in [0, 0.05) is 6.42 Å². The molecule has 0 bridgehead atoms. The lowest BCUT2D eigenvalue weighted by Gasteiger charge is -2.16. The van der Waals surface area contributed by atoms with Crippen LogP contribution in [0.1, 0.15) is 5.56 Å². The monoisotopic (exact) mass is 333 g/mol. The van der Waals surface area contributed by atoms with Crippen LogP contribution in [-0.2, 0) is 11.3 Å². The van der Waals surface area contributed by atoms with Gasteiger partial charge in [-0.05, 0) is 17.7 Å². The highest BCUT2D eigenvalue weighted by atomic mass is 19.3. The first-order chi connectivity index (χ1) is 10.9. The Morgan fingerprint density at radius 3 is 2.52 bits per heavy atom. The molecule has 5 N–H and O–H groups in total. The molecule has 0 spiro atoms. The highest BCUT2D eigenvalue weighted by Crippen LogP contribution is 2.16. The molecule has 0 saturated carbocycles. The van der Waals surface area contributed by atoms with E-state index in [-0.39, 0.29) is 31.2 Å². The summed E-state index contributed by atoms with van der Waals surface area (Å²) in [5, 5.41) is 23.1. The second-order valence-corrected chi connectivity index (χ2v) is 4.30. The fourth-order valence-electron chi connectivity index (χ4n) is 1.65. The highest BCUT2D eigenvalue weighted by molar-refractivity contribution is 5.88. The van der Waals surface area contributed by atoms with E-state index in [0.29, 0.717) is 5.56 Å². The van der Waals surface area contributed by atoms with E-state index in [1.54, 1.807) is 0 Å². The van der Waals surface area contributed by atoms with Crippen molar-refractivity contribution in [3.05, 3.63) is 29.8 Å². The van der Waals surface area contributed by atoms with Crippen molar-refractivity contribution >= 4 is 11.9 Å². The largest absolute Gasteiger partial charge is 0.465 e. The Morgan fingerprint density at radius 1 is 1.35 bits per heavy atom. The first-order valence-corrected chi connectivity index (χ1v) is 6.51. The van der Waals surface area contributed by atoms with Crippen LogP contribution in [0.5, 0.6) is 5.75 Å². The minimum absolute atomic E-state index is 0.0144. The topological polar surface area (TPSA) is 126 Å². The molecule has 1 rings (SSSR count). The van der Waals surface area contributed by atoms with Crippen LogP contribution in [0.4, 0.5) is 13.6 Å². The number of carbonyl (C=O) groups is 1. The van der Waals surface area contributed by atoms with E-state index in [2.05, 4.69) is 20.0 Å². The number of rotatable bonds is 9. The Labute approximate surface area is 130 Å². The molecule has 128 valence electrons. The Kier molecular flexibility index (Phi) is 7.54. The lowest BCUT2D eigenvalue weighted by atomic mass is 10.1. The van der Waals surface area contributed by atoms with Gasteiger partial charge in [0.05, 0.1) is 12.6 Å². The van der Waals surface area contributed by atoms with Crippen LogP contribution in [0.3, 0.4) is 0 Å². The summed E-state index contributed by atoms with van der Waals surface area (Å²) in [6.07, 6.45) is -1.19. The molecule has 1 aromatic carbocycles. The van der Waals surface area contributed by atoms with E-state index in [1.165, 1.54) is 24.3 Å². The van der Waals surface area contributed by atoms with Crippen LogP contribution in [0.15, 0.2) is 29.4 Å². The number of carboxylic acid groups (broad SMARTS) is 1. The maximum atomic E-state index is 12.1. The molecule has 0 aliphatic heterocycles. The van der Waals surface area contributed by atoms with Crippen molar-refractivity contribution in [1.29, 1.82) is 0 Å². The Hall–Kier alpha value is -2.62. The van der Waals surface area contributed by atoms with Crippen molar-refractivity contribution in [2.75, 3.05) is 13.2 Å². The number of amidine groups is 1. The molecule has 0 saturated heterocycles. The van der Waals surface area contributed by atoms with Crippen LogP contribution in [0.2, 0.25) is 0 Å². The lowest BCUT2D eigenvalue weighted by Crippen LogP contribution is -2.45. The summed E-state index contributed by atoms with van der Waals surface area (Å²) in [7, 11) is 0. The number of hydrogen-bond acceptors (Lipinski definition) is 5. The summed E-state index contributed by atoms with van der Waals surface area (Å²) >= 11 is 0. The first kappa shape index (κ1) is 18.4. The van der Waals surface area contributed by atoms with Gasteiger partial charge in [-0.2, -0.15) is 8.78 Å². The minimum atomic E-state index is -2.92. The second-order valence-electron chi connectivity index (χ2n) is 4.30. The van der Waals surface area contributed by atoms with E-state index in [9.17, 15) is 13.6 Å². The van der Waals surface area contributed by atoms with Crippen LogP contribution in [0, 0.1) is 0 Å². The number of nitrogens with two attached hydrogens (primary N) is 1. The minimum Gasteiger partial charge on any atom is -0.465 e. The normalized spacial score (nSPS) is 12.8. The molecule has 0 heterocycles. The van der Waals surface area contributed by atoms with Gasteiger partial charge in [-0.3, -0.25) is 0 Å². The summed E-state index contributed by atoms with van der Waals surface area (Å²) in [6, 6.07) is 4.77. The molecule has 1 unspecified atom stereocenters. The number of oxime groups is 1. The molecule has 1 aromatic rings. The number of aliphatic hydroxyl groups is 1. The molecule has 10 heteroatoms. The molecule has 0 aromatic heterocycles. The number of nitrogens with zero attached hydrogens (tertiary/aromatic N) is 1. The quantitative estimate of drug-likeness (QED) is 0.229. The maximum absolute atomic E-state index is 12.1. The Morgan fingerprint density at radius 2 is 2.00 bits per heavy atom. The van der Waals surface area contributed by atoms with Gasteiger partial charge >= 0.3 is 12.7 Å². The van der Waals surface area contributed by atoms with E-state index in [0.717, 1.165) is 0 Å². The van der Waals surface area contributed by atoms with Crippen molar-refractivity contribution in [3.8, 4) is 5.75 Å². The van der Waals surface area contributed by atoms with Gasteiger partial charge in [0.15, 0.2) is 5.84 Å². The molecule has 23 heavy (non-hydrogen) atoms. The van der Waals surface area contributed by atoms with Crippen LogP contribution in [0.25, 0.3) is 0 Å². The number of benzene rings is 1. The average molecular weight is 333 g/mol. The van der Waals surface area contributed by atoms with E-state index < -0.39 is 18.7 Å². The van der Waals surface area contributed by atoms with Crippen molar-refractivity contribution in [3.63, 3.8) is 0 Å². The summed E-state index contributed by atoms with van der Waals surface area (Å²) < 4.78 is 28.3. The third-order valence-electron chi connectivity index (χ3n) is 2.60. The van der Waals surface area contributed by atoms with Gasteiger partial charge in [0.1, 0.15) is 12.4 Å². The van der Waals surface area contributed by atoms with Gasteiger partial charge in [0.25, 0.3) is 0 Å². The number of ether oxygens (including phenoxy) is 1. The van der Waals surface area contributed by atoms with Gasteiger partial charge in [-0.25, -0.2) is 4.79 Å². The summed E-state index contributed by atoms with van der Waals surface area (Å²) in [5.41, 5.74) is 6.26. The first-order valence-electron chi connectivity index (χ1n) is 6.51. The summed E-state index contributed by atoms with van der Waals surface area (Å²) in [4.78, 5) is 15.5. The summed E-state index contributed by atoms with van der Waals surface area (Å²) in [5.74, 6) is -0.145. The van der Waals surface area contributed by atoms with Crippen molar-refractivity contribution < 1.29 is 33.4 Å². The van der Waals surface area contributed by atoms with Crippen LogP contribution >= 0.6 is 0 Å². The van der Waals surface area contributed by atoms with Gasteiger partial charge in [-0.15, -0.1) is 0 Å². The lowest BCUT2D eigenvalue weighted by molar-refractivity contribution is -0.0498. The summed E-state index contributed by atoms with van der Waals surface area (Å²) in [6.45, 7) is -3.27. The van der Waals surface area contributed by atoms with E-state index >= 15 is 0 Å². The zero-order chi connectivity index (χ0) is 17.2. The molecule has 0 fully saturated rings. The second kappa shape index (κ2) is 9.41. The predicted molar refractivity (Wildman–Crippen MR) is 76.4 cm³/mol. The number of nitrogens with one attached hydrogen (secondary N) is 1. The smallest absolute Gasteiger partial charge is 0.405 e. The molecule has 0 aliphatic rings. The zero-order valence-electron chi connectivity index (χ0n) is 12.0. The predicted octanol–water partition coefficient (Wildman–Crippen LogP) is 0.748. The maximum Gasteiger partial charge on any atom is 0.405 e. The zero-order valence-corrected chi connectivity index (χ0v) is 12.0. The van der Waals surface area contributed by atoms with Gasteiger partial charge < -0.3 is 30.8 Å². The third-order valence-corrected chi connectivity index (χ3v) is 2.60. The molecular formula is C13H17F2N3O5. The van der Waals surface area contributed by atoms with Crippen molar-refractivity contribution in [2.45, 2.75) is 19.1 Å². The number of hydrogen-bond donors (Lipinski definition) is 4. The fraction of sp³-hybridized carbons (Fsp3) is 0.385. The number of aliphatic hydroxyl groups excluding tert-OH is 1. The van der Waals surface area contributed by atoms with E-state index in [4.69, 9.17) is 15.9 Å². The number of halogens is 2. The standard InChI is InChI=1S/C13H17F2N3O5/c14-12(15)23-9-3-1-8(2-4-9)7-10(17-13(20)21)11(16)18-22-6-5-19/h1-4,10,12,17,19H,5-7H2,(H2,16,18)(H,20,21).